The Balaban J connectivity index is 3.11. The maximum absolute atomic E-state index is 11.1. The fraction of sp³-hybridized carbons (Fsp3) is 0.286. The van der Waals surface area contributed by atoms with Crippen LogP contribution in [0.4, 0.5) is 0 Å². The van der Waals surface area contributed by atoms with Crippen molar-refractivity contribution in [3.8, 4) is 0 Å². The molecule has 0 radical (unpaired) electrons. The van der Waals surface area contributed by atoms with Crippen molar-refractivity contribution in [3.05, 3.63) is 58.2 Å². The second-order valence-corrected chi connectivity index (χ2v) is 3.83. The molecule has 1 aromatic heterocycles. The van der Waals surface area contributed by atoms with E-state index in [4.69, 9.17) is 0 Å². The van der Waals surface area contributed by atoms with Crippen molar-refractivity contribution in [3.63, 3.8) is 0 Å². The van der Waals surface area contributed by atoms with E-state index < -0.39 is 0 Å². The lowest BCUT2D eigenvalue weighted by Crippen LogP contribution is -2.11. The van der Waals surface area contributed by atoms with Crippen LogP contribution in [0.5, 0.6) is 0 Å². The molecule has 0 amide bonds. The minimum absolute atomic E-state index is 0.114. The quantitative estimate of drug-likeness (QED) is 0.618. The summed E-state index contributed by atoms with van der Waals surface area (Å²) in [4.78, 5) is 13.7. The predicted molar refractivity (Wildman–Crippen MR) is 75.6 cm³/mol. The molecule has 0 spiro atoms. The second-order valence-electron chi connectivity index (χ2n) is 3.83. The minimum atomic E-state index is -0.114. The van der Waals surface area contributed by atoms with Gasteiger partial charge in [0.15, 0.2) is 0 Å². The van der Waals surface area contributed by atoms with Crippen LogP contribution in [0.25, 0.3) is 0 Å². The first kappa shape index (κ1) is 14.0. The van der Waals surface area contributed by atoms with Gasteiger partial charge in [0, 0.05) is 24.0 Å². The lowest BCUT2D eigenvalue weighted by Gasteiger charge is -2.06. The fourth-order valence-electron chi connectivity index (χ4n) is 1.52. The molecule has 0 aliphatic heterocycles. The van der Waals surface area contributed by atoms with Crippen molar-refractivity contribution in [1.29, 1.82) is 0 Å². The van der Waals surface area contributed by atoms with Crippen LogP contribution in [0.1, 0.15) is 32.8 Å². The molecule has 4 heteroatoms. The van der Waals surface area contributed by atoms with Crippen molar-refractivity contribution in [2.45, 2.75) is 27.2 Å². The van der Waals surface area contributed by atoms with Gasteiger partial charge in [0.2, 0.25) is 5.56 Å². The molecular formula is C14H19N3O. The normalized spacial score (nSPS) is 13.1. The highest BCUT2D eigenvalue weighted by Gasteiger charge is 2.05. The van der Waals surface area contributed by atoms with Gasteiger partial charge in [-0.25, -0.2) is 0 Å². The molecule has 1 rings (SSSR count). The largest absolute Gasteiger partial charge is 0.328 e. The minimum Gasteiger partial charge on any atom is -0.328 e. The van der Waals surface area contributed by atoms with Gasteiger partial charge in [-0.2, -0.15) is 5.10 Å². The maximum Gasteiger partial charge on any atom is 0.247 e. The number of H-pyrrole nitrogens is 1. The van der Waals surface area contributed by atoms with E-state index in [1.165, 1.54) is 6.07 Å². The molecular weight excluding hydrogens is 226 g/mol. The number of nitrogens with zero attached hydrogens (tertiary/aromatic N) is 1. The standard InChI is InChI=1S/C14H19N3O/c1-4-6-11(3)14(17-16-9-5-2)12-7-8-13(18)15-10-12/h5-10,16H,4H2,1-3H3,(H,15,18)/b9-5+,11-6+,17-14+. The number of aromatic amines is 1. The molecule has 0 bridgehead atoms. The van der Waals surface area contributed by atoms with Gasteiger partial charge in [0.05, 0.1) is 5.71 Å². The zero-order valence-corrected chi connectivity index (χ0v) is 11.0. The average molecular weight is 245 g/mol. The van der Waals surface area contributed by atoms with Gasteiger partial charge >= 0.3 is 0 Å². The number of aromatic nitrogens is 1. The summed E-state index contributed by atoms with van der Waals surface area (Å²) in [7, 11) is 0. The summed E-state index contributed by atoms with van der Waals surface area (Å²) in [5.41, 5.74) is 5.53. The number of hydrogen-bond acceptors (Lipinski definition) is 3. The van der Waals surface area contributed by atoms with Gasteiger partial charge in [-0.05, 0) is 31.9 Å². The van der Waals surface area contributed by atoms with Crippen LogP contribution in [0.15, 0.2) is 52.2 Å². The Morgan fingerprint density at radius 3 is 2.83 bits per heavy atom. The molecule has 1 aromatic rings. The van der Waals surface area contributed by atoms with Crippen LogP contribution in [-0.2, 0) is 0 Å². The highest BCUT2D eigenvalue weighted by Crippen LogP contribution is 2.07. The lowest BCUT2D eigenvalue weighted by molar-refractivity contribution is 0.962. The van der Waals surface area contributed by atoms with Crippen molar-refractivity contribution in [2.75, 3.05) is 0 Å². The summed E-state index contributed by atoms with van der Waals surface area (Å²) in [6.45, 7) is 6.00. The molecule has 0 aliphatic carbocycles. The molecule has 0 saturated heterocycles. The Labute approximate surface area is 107 Å². The van der Waals surface area contributed by atoms with E-state index in [2.05, 4.69) is 28.5 Å². The summed E-state index contributed by atoms with van der Waals surface area (Å²) in [6, 6.07) is 3.27. The molecule has 0 aromatic carbocycles. The summed E-state index contributed by atoms with van der Waals surface area (Å²) in [6.07, 6.45) is 8.34. The molecule has 0 aliphatic rings. The van der Waals surface area contributed by atoms with E-state index in [0.29, 0.717) is 0 Å². The second kappa shape index (κ2) is 7.27. The molecule has 0 unspecified atom stereocenters. The summed E-state index contributed by atoms with van der Waals surface area (Å²) in [5.74, 6) is 0. The monoisotopic (exact) mass is 245 g/mol. The van der Waals surface area contributed by atoms with Gasteiger partial charge in [0.1, 0.15) is 0 Å². The van der Waals surface area contributed by atoms with Crippen molar-refractivity contribution in [1.82, 2.24) is 10.4 Å². The number of rotatable bonds is 5. The molecule has 18 heavy (non-hydrogen) atoms. The van der Waals surface area contributed by atoms with Crippen molar-refractivity contribution in [2.24, 2.45) is 5.10 Å². The van der Waals surface area contributed by atoms with Crippen molar-refractivity contribution < 1.29 is 0 Å². The van der Waals surface area contributed by atoms with E-state index in [1.54, 1.807) is 18.5 Å². The number of pyridine rings is 1. The van der Waals surface area contributed by atoms with E-state index in [1.807, 2.05) is 19.9 Å². The Morgan fingerprint density at radius 1 is 1.50 bits per heavy atom. The van der Waals surface area contributed by atoms with E-state index in [-0.39, 0.29) is 5.56 Å². The Kier molecular flexibility index (Phi) is 5.64. The molecule has 96 valence electrons. The number of allylic oxidation sites excluding steroid dienone is 3. The highest BCUT2D eigenvalue weighted by molar-refractivity contribution is 6.11. The molecule has 4 nitrogen and oxygen atoms in total. The highest BCUT2D eigenvalue weighted by atomic mass is 16.1. The average Bonchev–Trinajstić information content (AvgIpc) is 2.36. The number of nitrogens with one attached hydrogen (secondary N) is 2. The van der Waals surface area contributed by atoms with Gasteiger partial charge < -0.3 is 4.98 Å². The first-order chi connectivity index (χ1) is 8.69. The van der Waals surface area contributed by atoms with E-state index in [0.717, 1.165) is 23.3 Å². The number of hydrazone groups is 1. The first-order valence-electron chi connectivity index (χ1n) is 5.99. The predicted octanol–water partition coefficient (Wildman–Crippen LogP) is 2.56. The first-order valence-corrected chi connectivity index (χ1v) is 5.99. The Bertz CT molecular complexity index is 504. The van der Waals surface area contributed by atoms with Crippen LogP contribution in [0.2, 0.25) is 0 Å². The zero-order chi connectivity index (χ0) is 13.4. The Hall–Kier alpha value is -2.10. The molecule has 0 saturated carbocycles. The van der Waals surface area contributed by atoms with Gasteiger partial charge in [0.25, 0.3) is 0 Å². The smallest absolute Gasteiger partial charge is 0.247 e. The van der Waals surface area contributed by atoms with Gasteiger partial charge in [-0.3, -0.25) is 10.2 Å². The number of hydrogen-bond donors (Lipinski definition) is 2. The maximum atomic E-state index is 11.1. The van der Waals surface area contributed by atoms with E-state index >= 15 is 0 Å². The Morgan fingerprint density at radius 2 is 2.28 bits per heavy atom. The van der Waals surface area contributed by atoms with Crippen LogP contribution in [-0.4, -0.2) is 10.7 Å². The van der Waals surface area contributed by atoms with Gasteiger partial charge in [-0.15, -0.1) is 0 Å². The zero-order valence-electron chi connectivity index (χ0n) is 11.0. The van der Waals surface area contributed by atoms with Crippen molar-refractivity contribution >= 4 is 5.71 Å². The molecule has 0 fully saturated rings. The van der Waals surface area contributed by atoms with Gasteiger partial charge in [-0.1, -0.05) is 19.1 Å². The summed E-state index contributed by atoms with van der Waals surface area (Å²) in [5, 5.41) is 4.32. The molecule has 2 N–H and O–H groups in total. The van der Waals surface area contributed by atoms with Crippen LogP contribution < -0.4 is 11.0 Å². The van der Waals surface area contributed by atoms with Crippen LogP contribution in [0.3, 0.4) is 0 Å². The SMILES string of the molecule is C/C=C/N/N=C(\C(C)=C\CC)c1ccc(=O)[nH]c1. The van der Waals surface area contributed by atoms with E-state index in [9.17, 15) is 4.79 Å². The topological polar surface area (TPSA) is 57.2 Å². The van der Waals surface area contributed by atoms with Crippen LogP contribution >= 0.6 is 0 Å². The third-order valence-electron chi connectivity index (χ3n) is 2.36. The lowest BCUT2D eigenvalue weighted by atomic mass is 10.0. The third-order valence-corrected chi connectivity index (χ3v) is 2.36. The molecule has 0 atom stereocenters. The summed E-state index contributed by atoms with van der Waals surface area (Å²) < 4.78 is 0. The molecule has 1 heterocycles. The third kappa shape index (κ3) is 4.05. The summed E-state index contributed by atoms with van der Waals surface area (Å²) >= 11 is 0. The fourth-order valence-corrected chi connectivity index (χ4v) is 1.52. The van der Waals surface area contributed by atoms with Crippen LogP contribution in [0, 0.1) is 0 Å².